The summed E-state index contributed by atoms with van der Waals surface area (Å²) in [6.45, 7) is 1.45. The highest BCUT2D eigenvalue weighted by atomic mass is 35.5. The van der Waals surface area contributed by atoms with E-state index in [1.165, 1.54) is 19.1 Å². The molecule has 0 spiro atoms. The van der Waals surface area contributed by atoms with Crippen LogP contribution in [-0.2, 0) is 21.1 Å². The fourth-order valence-corrected chi connectivity index (χ4v) is 2.25. The molecule has 0 saturated heterocycles. The standard InChI is InChI=1S/C10H11ClO3S/c1-7(12)3-8-4-9(11)6-10(5-8)15(2,13)14/h4-6H,3H2,1-2H3. The lowest BCUT2D eigenvalue weighted by atomic mass is 10.1. The molecule has 5 heteroatoms. The van der Waals surface area contributed by atoms with Gasteiger partial charge in [-0.25, -0.2) is 8.42 Å². The van der Waals surface area contributed by atoms with Crippen molar-refractivity contribution in [2.45, 2.75) is 18.2 Å². The largest absolute Gasteiger partial charge is 0.300 e. The van der Waals surface area contributed by atoms with Crippen molar-refractivity contribution in [3.63, 3.8) is 0 Å². The van der Waals surface area contributed by atoms with E-state index in [1.807, 2.05) is 0 Å². The number of carbonyl (C=O) groups excluding carboxylic acids is 1. The van der Waals surface area contributed by atoms with Crippen LogP contribution in [0.4, 0.5) is 0 Å². The molecule has 0 saturated carbocycles. The van der Waals surface area contributed by atoms with E-state index in [0.29, 0.717) is 10.6 Å². The monoisotopic (exact) mass is 246 g/mol. The maximum absolute atomic E-state index is 11.3. The normalized spacial score (nSPS) is 11.4. The van der Waals surface area contributed by atoms with Gasteiger partial charge in [-0.15, -0.1) is 0 Å². The number of sulfone groups is 1. The van der Waals surface area contributed by atoms with Crippen LogP contribution in [0.5, 0.6) is 0 Å². The molecule has 0 amide bonds. The lowest BCUT2D eigenvalue weighted by Crippen LogP contribution is -2.01. The van der Waals surface area contributed by atoms with Gasteiger partial charge in [0.05, 0.1) is 4.90 Å². The van der Waals surface area contributed by atoms with Crippen molar-refractivity contribution in [2.75, 3.05) is 6.26 Å². The van der Waals surface area contributed by atoms with Gasteiger partial charge >= 0.3 is 0 Å². The van der Waals surface area contributed by atoms with E-state index in [2.05, 4.69) is 0 Å². The maximum Gasteiger partial charge on any atom is 0.175 e. The number of hydrogen-bond acceptors (Lipinski definition) is 3. The van der Waals surface area contributed by atoms with Gasteiger partial charge in [0.15, 0.2) is 9.84 Å². The smallest absolute Gasteiger partial charge is 0.175 e. The summed E-state index contributed by atoms with van der Waals surface area (Å²) in [6.07, 6.45) is 1.30. The highest BCUT2D eigenvalue weighted by Gasteiger charge is 2.10. The van der Waals surface area contributed by atoms with Crippen molar-refractivity contribution >= 4 is 27.2 Å². The predicted octanol–water partition coefficient (Wildman–Crippen LogP) is 1.88. The molecule has 0 heterocycles. The first-order valence-corrected chi connectivity index (χ1v) is 6.55. The molecule has 0 aliphatic carbocycles. The molecule has 1 aromatic carbocycles. The van der Waals surface area contributed by atoms with Gasteiger partial charge in [-0.2, -0.15) is 0 Å². The zero-order valence-electron chi connectivity index (χ0n) is 8.45. The van der Waals surface area contributed by atoms with Gasteiger partial charge in [0.25, 0.3) is 0 Å². The molecule has 0 unspecified atom stereocenters. The van der Waals surface area contributed by atoms with E-state index in [-0.39, 0.29) is 17.1 Å². The van der Waals surface area contributed by atoms with E-state index in [4.69, 9.17) is 11.6 Å². The number of halogens is 1. The number of ketones is 1. The van der Waals surface area contributed by atoms with Gasteiger partial charge in [-0.1, -0.05) is 11.6 Å². The summed E-state index contributed by atoms with van der Waals surface area (Å²) in [7, 11) is -3.28. The quantitative estimate of drug-likeness (QED) is 0.818. The van der Waals surface area contributed by atoms with E-state index in [9.17, 15) is 13.2 Å². The highest BCUT2D eigenvalue weighted by molar-refractivity contribution is 7.90. The number of rotatable bonds is 3. The molecular formula is C10H11ClO3S. The molecule has 82 valence electrons. The van der Waals surface area contributed by atoms with Crippen molar-refractivity contribution in [1.29, 1.82) is 0 Å². The molecule has 0 aromatic heterocycles. The third kappa shape index (κ3) is 3.64. The predicted molar refractivity (Wildman–Crippen MR) is 58.9 cm³/mol. The van der Waals surface area contributed by atoms with E-state index < -0.39 is 9.84 Å². The van der Waals surface area contributed by atoms with Crippen LogP contribution in [0.15, 0.2) is 23.1 Å². The fourth-order valence-electron chi connectivity index (χ4n) is 1.22. The van der Waals surface area contributed by atoms with Crippen LogP contribution in [0.25, 0.3) is 0 Å². The summed E-state index contributed by atoms with van der Waals surface area (Å²) in [5.74, 6) is -0.0308. The van der Waals surface area contributed by atoms with E-state index in [1.54, 1.807) is 6.07 Å². The number of Topliss-reactive ketones (excluding diaryl/α,β-unsaturated/α-hetero) is 1. The molecule has 0 atom stereocenters. The van der Waals surface area contributed by atoms with Crippen LogP contribution in [0.2, 0.25) is 5.02 Å². The lowest BCUT2D eigenvalue weighted by molar-refractivity contribution is -0.116. The lowest BCUT2D eigenvalue weighted by Gasteiger charge is -2.03. The third-order valence-electron chi connectivity index (χ3n) is 1.81. The summed E-state index contributed by atoms with van der Waals surface area (Å²) < 4.78 is 22.6. The SMILES string of the molecule is CC(=O)Cc1cc(Cl)cc(S(C)(=O)=O)c1. The van der Waals surface area contributed by atoms with E-state index in [0.717, 1.165) is 6.26 Å². The third-order valence-corrected chi connectivity index (χ3v) is 3.12. The second-order valence-electron chi connectivity index (χ2n) is 3.45. The number of carbonyl (C=O) groups is 1. The van der Waals surface area contributed by atoms with Crippen LogP contribution in [-0.4, -0.2) is 20.5 Å². The van der Waals surface area contributed by atoms with Crippen LogP contribution in [0, 0.1) is 0 Å². The average Bonchev–Trinajstić information content (AvgIpc) is 1.99. The number of hydrogen-bond donors (Lipinski definition) is 0. The highest BCUT2D eigenvalue weighted by Crippen LogP contribution is 2.19. The van der Waals surface area contributed by atoms with Crippen LogP contribution >= 0.6 is 11.6 Å². The second kappa shape index (κ2) is 4.33. The Morgan fingerprint density at radius 2 is 1.93 bits per heavy atom. The summed E-state index contributed by atoms with van der Waals surface area (Å²) in [5.41, 5.74) is 0.621. The molecule has 3 nitrogen and oxygen atoms in total. The Labute approximate surface area is 94.0 Å². The van der Waals surface area contributed by atoms with Crippen molar-refractivity contribution in [3.05, 3.63) is 28.8 Å². The molecule has 1 rings (SSSR count). The number of benzene rings is 1. The zero-order valence-corrected chi connectivity index (χ0v) is 10.0. The molecule has 0 radical (unpaired) electrons. The van der Waals surface area contributed by atoms with Gasteiger partial charge in [0.1, 0.15) is 5.78 Å². The fraction of sp³-hybridized carbons (Fsp3) is 0.300. The van der Waals surface area contributed by atoms with Gasteiger partial charge in [0.2, 0.25) is 0 Å². The zero-order chi connectivity index (χ0) is 11.6. The summed E-state index contributed by atoms with van der Waals surface area (Å²) in [4.78, 5) is 11.0. The Kier molecular flexibility index (Phi) is 3.52. The molecule has 0 N–H and O–H groups in total. The molecule has 0 aliphatic heterocycles. The minimum Gasteiger partial charge on any atom is -0.300 e. The molecule has 0 fully saturated rings. The van der Waals surface area contributed by atoms with Crippen LogP contribution in [0.3, 0.4) is 0 Å². The summed E-state index contributed by atoms with van der Waals surface area (Å²) in [6, 6.07) is 4.45. The minimum atomic E-state index is -3.28. The first-order chi connectivity index (χ1) is 6.79. The van der Waals surface area contributed by atoms with Crippen molar-refractivity contribution in [3.8, 4) is 0 Å². The Balaban J connectivity index is 3.23. The van der Waals surface area contributed by atoms with Crippen LogP contribution in [0.1, 0.15) is 12.5 Å². The average molecular weight is 247 g/mol. The molecule has 15 heavy (non-hydrogen) atoms. The first kappa shape index (κ1) is 12.2. The maximum atomic E-state index is 11.3. The van der Waals surface area contributed by atoms with Gasteiger partial charge in [-0.05, 0) is 30.7 Å². The molecule has 0 bridgehead atoms. The van der Waals surface area contributed by atoms with Crippen molar-refractivity contribution < 1.29 is 13.2 Å². The van der Waals surface area contributed by atoms with Gasteiger partial charge in [-0.3, -0.25) is 4.79 Å². The van der Waals surface area contributed by atoms with Crippen LogP contribution < -0.4 is 0 Å². The van der Waals surface area contributed by atoms with Crippen molar-refractivity contribution in [2.24, 2.45) is 0 Å². The molecule has 0 aliphatic rings. The Morgan fingerprint density at radius 3 is 2.40 bits per heavy atom. The first-order valence-electron chi connectivity index (χ1n) is 4.28. The second-order valence-corrected chi connectivity index (χ2v) is 5.90. The topological polar surface area (TPSA) is 51.2 Å². The van der Waals surface area contributed by atoms with Crippen molar-refractivity contribution in [1.82, 2.24) is 0 Å². The molecule has 1 aromatic rings. The summed E-state index contributed by atoms with van der Waals surface area (Å²) in [5, 5.41) is 0.328. The summed E-state index contributed by atoms with van der Waals surface area (Å²) >= 11 is 5.76. The Morgan fingerprint density at radius 1 is 1.33 bits per heavy atom. The van der Waals surface area contributed by atoms with Gasteiger partial charge < -0.3 is 0 Å². The minimum absolute atomic E-state index is 0.0308. The van der Waals surface area contributed by atoms with Gasteiger partial charge in [0, 0.05) is 17.7 Å². The Hall–Kier alpha value is -0.870. The molecular weight excluding hydrogens is 236 g/mol. The Bertz CT molecular complexity index is 491. The van der Waals surface area contributed by atoms with E-state index >= 15 is 0 Å².